The summed E-state index contributed by atoms with van der Waals surface area (Å²) in [6, 6.07) is 5.09. The molecule has 6 heteroatoms. The molecule has 4 nitrogen and oxygen atoms in total. The average Bonchev–Trinajstić information content (AvgIpc) is 2.70. The summed E-state index contributed by atoms with van der Waals surface area (Å²) in [7, 11) is 1.29. The Bertz CT molecular complexity index is 443. The van der Waals surface area contributed by atoms with E-state index < -0.39 is 24.5 Å². The molecule has 0 spiro atoms. The first-order valence-corrected chi connectivity index (χ1v) is 6.13. The van der Waals surface area contributed by atoms with E-state index in [0.29, 0.717) is 15.6 Å². The summed E-state index contributed by atoms with van der Waals surface area (Å²) in [5, 5.41) is 0.859. The Morgan fingerprint density at radius 2 is 1.89 bits per heavy atom. The molecule has 0 aliphatic carbocycles. The van der Waals surface area contributed by atoms with Crippen molar-refractivity contribution in [2.45, 2.75) is 25.4 Å². The number of esters is 1. The molecular formula is C12H12Cl2O4. The van der Waals surface area contributed by atoms with Crippen LogP contribution in [0.4, 0.5) is 0 Å². The Hall–Kier alpha value is -0.810. The molecule has 18 heavy (non-hydrogen) atoms. The number of methoxy groups -OCH3 is 1. The molecule has 0 amide bonds. The van der Waals surface area contributed by atoms with E-state index in [-0.39, 0.29) is 0 Å². The van der Waals surface area contributed by atoms with Gasteiger partial charge >= 0.3 is 5.97 Å². The third-order valence-corrected chi connectivity index (χ3v) is 3.33. The van der Waals surface area contributed by atoms with Gasteiger partial charge in [-0.05, 0) is 19.1 Å². The van der Waals surface area contributed by atoms with Gasteiger partial charge in [0.25, 0.3) is 0 Å². The van der Waals surface area contributed by atoms with Gasteiger partial charge in [0.2, 0.25) is 0 Å². The second-order valence-electron chi connectivity index (χ2n) is 3.84. The van der Waals surface area contributed by atoms with E-state index in [4.69, 9.17) is 32.7 Å². The molecule has 3 atom stereocenters. The molecule has 1 fully saturated rings. The number of ether oxygens (including phenoxy) is 3. The maximum absolute atomic E-state index is 11.7. The van der Waals surface area contributed by atoms with Gasteiger partial charge in [-0.15, -0.1) is 0 Å². The first-order valence-electron chi connectivity index (χ1n) is 5.37. The Kier molecular flexibility index (Phi) is 4.12. The molecule has 2 rings (SSSR count). The van der Waals surface area contributed by atoms with Crippen molar-refractivity contribution in [1.82, 2.24) is 0 Å². The van der Waals surface area contributed by atoms with E-state index >= 15 is 0 Å². The van der Waals surface area contributed by atoms with E-state index in [1.54, 1.807) is 25.1 Å². The third-order valence-electron chi connectivity index (χ3n) is 2.67. The number of carbonyl (C=O) groups excluding carboxylic acids is 1. The molecular weight excluding hydrogens is 279 g/mol. The van der Waals surface area contributed by atoms with Gasteiger partial charge in [-0.2, -0.15) is 0 Å². The van der Waals surface area contributed by atoms with Crippen LogP contribution < -0.4 is 0 Å². The minimum Gasteiger partial charge on any atom is -0.467 e. The zero-order valence-corrected chi connectivity index (χ0v) is 11.4. The van der Waals surface area contributed by atoms with Crippen LogP contribution in [0.2, 0.25) is 10.0 Å². The van der Waals surface area contributed by atoms with E-state index in [2.05, 4.69) is 4.74 Å². The average molecular weight is 291 g/mol. The predicted molar refractivity (Wildman–Crippen MR) is 66.6 cm³/mol. The number of rotatable bonds is 2. The normalized spacial score (nSPS) is 27.2. The number of hydrogen-bond donors (Lipinski definition) is 0. The summed E-state index contributed by atoms with van der Waals surface area (Å²) >= 11 is 12.2. The maximum Gasteiger partial charge on any atom is 0.338 e. The largest absolute Gasteiger partial charge is 0.467 e. The second-order valence-corrected chi connectivity index (χ2v) is 4.65. The van der Waals surface area contributed by atoms with Crippen molar-refractivity contribution in [1.29, 1.82) is 0 Å². The summed E-state index contributed by atoms with van der Waals surface area (Å²) in [6.45, 7) is 1.70. The molecule has 1 heterocycles. The number of hydrogen-bond acceptors (Lipinski definition) is 4. The van der Waals surface area contributed by atoms with Gasteiger partial charge in [-0.3, -0.25) is 0 Å². The number of halogens is 2. The molecule has 0 N–H and O–H groups in total. The van der Waals surface area contributed by atoms with Crippen LogP contribution in [0.1, 0.15) is 18.6 Å². The fraction of sp³-hybridized carbons (Fsp3) is 0.417. The molecule has 0 radical (unpaired) electrons. The fourth-order valence-electron chi connectivity index (χ4n) is 1.88. The first kappa shape index (κ1) is 13.6. The lowest BCUT2D eigenvalue weighted by atomic mass is 10.0. The summed E-state index contributed by atoms with van der Waals surface area (Å²) in [5.74, 6) is -0.514. The van der Waals surface area contributed by atoms with Gasteiger partial charge in [-0.25, -0.2) is 4.79 Å². The molecule has 0 saturated carbocycles. The number of benzene rings is 1. The second kappa shape index (κ2) is 5.45. The van der Waals surface area contributed by atoms with Crippen LogP contribution in [-0.2, 0) is 19.0 Å². The smallest absolute Gasteiger partial charge is 0.338 e. The van der Waals surface area contributed by atoms with Crippen LogP contribution >= 0.6 is 23.2 Å². The quantitative estimate of drug-likeness (QED) is 0.786. The van der Waals surface area contributed by atoms with Crippen molar-refractivity contribution in [2.24, 2.45) is 0 Å². The minimum absolute atomic E-state index is 0.430. The topological polar surface area (TPSA) is 44.8 Å². The van der Waals surface area contributed by atoms with E-state index in [1.165, 1.54) is 7.11 Å². The lowest BCUT2D eigenvalue weighted by molar-refractivity contribution is -0.153. The van der Waals surface area contributed by atoms with Gasteiger partial charge < -0.3 is 14.2 Å². The van der Waals surface area contributed by atoms with Crippen molar-refractivity contribution in [3.63, 3.8) is 0 Å². The maximum atomic E-state index is 11.7. The van der Waals surface area contributed by atoms with Crippen LogP contribution in [0.5, 0.6) is 0 Å². The molecule has 0 bridgehead atoms. The first-order chi connectivity index (χ1) is 8.54. The number of carbonyl (C=O) groups is 1. The van der Waals surface area contributed by atoms with Crippen molar-refractivity contribution < 1.29 is 19.0 Å². The monoisotopic (exact) mass is 290 g/mol. The SMILES string of the molecule is COC(=O)[C@@H]1OC(C)O[C@H]1c1c(Cl)cccc1Cl. The van der Waals surface area contributed by atoms with E-state index in [0.717, 1.165) is 0 Å². The molecule has 0 aromatic heterocycles. The lowest BCUT2D eigenvalue weighted by Crippen LogP contribution is -2.27. The van der Waals surface area contributed by atoms with Gasteiger partial charge in [0.05, 0.1) is 7.11 Å². The summed E-state index contributed by atoms with van der Waals surface area (Å²) in [6.07, 6.45) is -2.04. The molecule has 1 saturated heterocycles. The molecule has 1 aromatic carbocycles. The highest BCUT2D eigenvalue weighted by atomic mass is 35.5. The van der Waals surface area contributed by atoms with Gasteiger partial charge in [-0.1, -0.05) is 29.3 Å². The highest BCUT2D eigenvalue weighted by Gasteiger charge is 2.42. The lowest BCUT2D eigenvalue weighted by Gasteiger charge is -2.17. The summed E-state index contributed by atoms with van der Waals surface area (Å²) in [4.78, 5) is 11.7. The minimum atomic E-state index is -0.859. The summed E-state index contributed by atoms with van der Waals surface area (Å²) in [5.41, 5.74) is 0.542. The fourth-order valence-corrected chi connectivity index (χ4v) is 2.50. The van der Waals surface area contributed by atoms with Crippen molar-refractivity contribution >= 4 is 29.2 Å². The van der Waals surface area contributed by atoms with Crippen molar-refractivity contribution in [2.75, 3.05) is 7.11 Å². The zero-order valence-electron chi connectivity index (χ0n) is 9.85. The van der Waals surface area contributed by atoms with Crippen LogP contribution in [0.25, 0.3) is 0 Å². The van der Waals surface area contributed by atoms with Crippen LogP contribution in [0.3, 0.4) is 0 Å². The highest BCUT2D eigenvalue weighted by molar-refractivity contribution is 6.36. The standard InChI is InChI=1S/C12H12Cl2O4/c1-6-17-10(11(18-6)12(15)16-2)9-7(13)4-3-5-8(9)14/h3-6,10-11H,1-2H3/t6?,10-,11+/m0/s1. The predicted octanol–water partition coefficient (Wildman–Crippen LogP) is 2.97. The van der Waals surface area contributed by atoms with Crippen LogP contribution in [0.15, 0.2) is 18.2 Å². The molecule has 1 aliphatic heterocycles. The Morgan fingerprint density at radius 1 is 1.28 bits per heavy atom. The van der Waals surface area contributed by atoms with Crippen LogP contribution in [-0.4, -0.2) is 25.5 Å². The molecule has 1 unspecified atom stereocenters. The zero-order chi connectivity index (χ0) is 13.3. The Balaban J connectivity index is 2.39. The van der Waals surface area contributed by atoms with E-state index in [9.17, 15) is 4.79 Å². The Morgan fingerprint density at radius 3 is 2.44 bits per heavy atom. The van der Waals surface area contributed by atoms with E-state index in [1.807, 2.05) is 0 Å². The van der Waals surface area contributed by atoms with Crippen LogP contribution in [0, 0.1) is 0 Å². The molecule has 1 aliphatic rings. The Labute approximate surface area is 115 Å². The molecule has 1 aromatic rings. The van der Waals surface area contributed by atoms with Gasteiger partial charge in [0, 0.05) is 15.6 Å². The summed E-state index contributed by atoms with van der Waals surface area (Å²) < 4.78 is 15.6. The van der Waals surface area contributed by atoms with Gasteiger partial charge in [0.15, 0.2) is 12.4 Å². The third kappa shape index (κ3) is 2.47. The van der Waals surface area contributed by atoms with Crippen molar-refractivity contribution in [3.8, 4) is 0 Å². The van der Waals surface area contributed by atoms with Gasteiger partial charge in [0.1, 0.15) is 6.10 Å². The van der Waals surface area contributed by atoms with Crippen molar-refractivity contribution in [3.05, 3.63) is 33.8 Å². The highest BCUT2D eigenvalue weighted by Crippen LogP contribution is 2.40. The molecule has 98 valence electrons.